The van der Waals surface area contributed by atoms with Gasteiger partial charge in [-0.05, 0) is 24.2 Å². The van der Waals surface area contributed by atoms with Crippen LogP contribution in [-0.2, 0) is 5.54 Å². The van der Waals surface area contributed by atoms with Crippen molar-refractivity contribution in [1.29, 1.82) is 0 Å². The summed E-state index contributed by atoms with van der Waals surface area (Å²) in [6.45, 7) is 6.91. The highest BCUT2D eigenvalue weighted by molar-refractivity contribution is 7.09. The van der Waals surface area contributed by atoms with E-state index in [0.717, 1.165) is 11.4 Å². The van der Waals surface area contributed by atoms with Gasteiger partial charge in [0.1, 0.15) is 5.01 Å². The van der Waals surface area contributed by atoms with Crippen molar-refractivity contribution in [2.45, 2.75) is 52.0 Å². The van der Waals surface area contributed by atoms with E-state index in [1.165, 1.54) is 19.3 Å². The van der Waals surface area contributed by atoms with E-state index in [4.69, 9.17) is 5.73 Å². The van der Waals surface area contributed by atoms with Gasteiger partial charge in [0, 0.05) is 11.6 Å². The van der Waals surface area contributed by atoms with Gasteiger partial charge in [-0.25, -0.2) is 4.98 Å². The molecule has 2 nitrogen and oxygen atoms in total. The molecule has 1 aliphatic carbocycles. The van der Waals surface area contributed by atoms with Crippen LogP contribution in [-0.4, -0.2) is 4.98 Å². The molecule has 0 aliphatic heterocycles. The Morgan fingerprint density at radius 1 is 1.44 bits per heavy atom. The summed E-state index contributed by atoms with van der Waals surface area (Å²) >= 11 is 1.71. The third-order valence-corrected chi connectivity index (χ3v) is 4.80. The van der Waals surface area contributed by atoms with Crippen LogP contribution in [0.5, 0.6) is 0 Å². The number of hydrogen-bond acceptors (Lipinski definition) is 3. The molecule has 2 unspecified atom stereocenters. The lowest BCUT2D eigenvalue weighted by Gasteiger charge is -2.46. The van der Waals surface area contributed by atoms with E-state index in [1.54, 1.807) is 11.3 Å². The number of nitrogens with zero attached hydrogens (tertiary/aromatic N) is 1. The van der Waals surface area contributed by atoms with Gasteiger partial charge in [-0.1, -0.05) is 33.6 Å². The lowest BCUT2D eigenvalue weighted by molar-refractivity contribution is 0.0776. The molecule has 1 heterocycles. The average molecular weight is 238 g/mol. The molecule has 0 aromatic carbocycles. The van der Waals surface area contributed by atoms with Crippen molar-refractivity contribution in [3.8, 4) is 0 Å². The summed E-state index contributed by atoms with van der Waals surface area (Å²) in [5.74, 6) is 0.542. The van der Waals surface area contributed by atoms with Crippen molar-refractivity contribution in [2.75, 3.05) is 0 Å². The van der Waals surface area contributed by atoms with Crippen LogP contribution in [0.25, 0.3) is 0 Å². The van der Waals surface area contributed by atoms with Gasteiger partial charge in [-0.3, -0.25) is 0 Å². The molecule has 0 saturated heterocycles. The summed E-state index contributed by atoms with van der Waals surface area (Å²) in [6, 6.07) is 0. The van der Waals surface area contributed by atoms with Crippen LogP contribution < -0.4 is 5.73 Å². The molecule has 0 bridgehead atoms. The maximum absolute atomic E-state index is 6.70. The lowest BCUT2D eigenvalue weighted by atomic mass is 9.62. The lowest BCUT2D eigenvalue weighted by Crippen LogP contribution is -2.51. The second kappa shape index (κ2) is 4.11. The molecule has 2 N–H and O–H groups in total. The summed E-state index contributed by atoms with van der Waals surface area (Å²) in [6.07, 6.45) is 6.75. The van der Waals surface area contributed by atoms with Gasteiger partial charge in [-0.15, -0.1) is 11.3 Å². The van der Waals surface area contributed by atoms with Gasteiger partial charge in [0.2, 0.25) is 0 Å². The molecule has 0 spiro atoms. The van der Waals surface area contributed by atoms with Crippen LogP contribution in [0.3, 0.4) is 0 Å². The number of thiazole rings is 1. The van der Waals surface area contributed by atoms with Crippen molar-refractivity contribution >= 4 is 11.3 Å². The minimum absolute atomic E-state index is 0.190. The first-order valence-corrected chi connectivity index (χ1v) is 7.01. The highest BCUT2D eigenvalue weighted by Gasteiger charge is 2.45. The summed E-state index contributed by atoms with van der Waals surface area (Å²) in [4.78, 5) is 4.47. The largest absolute Gasteiger partial charge is 0.319 e. The fourth-order valence-electron chi connectivity index (χ4n) is 3.11. The molecule has 1 aromatic rings. The van der Waals surface area contributed by atoms with Gasteiger partial charge in [-0.2, -0.15) is 0 Å². The summed E-state index contributed by atoms with van der Waals surface area (Å²) in [5, 5.41) is 3.17. The van der Waals surface area contributed by atoms with E-state index in [-0.39, 0.29) is 11.0 Å². The van der Waals surface area contributed by atoms with Crippen molar-refractivity contribution in [1.82, 2.24) is 4.98 Å². The van der Waals surface area contributed by atoms with Gasteiger partial charge < -0.3 is 5.73 Å². The number of hydrogen-bond donors (Lipinski definition) is 1. The number of nitrogens with two attached hydrogens (primary N) is 1. The Kier molecular flexibility index (Phi) is 3.10. The van der Waals surface area contributed by atoms with E-state index in [2.05, 4.69) is 25.8 Å². The Morgan fingerprint density at radius 2 is 2.19 bits per heavy atom. The molecular formula is C13H22N2S. The maximum Gasteiger partial charge on any atom is 0.113 e. The van der Waals surface area contributed by atoms with Crippen LogP contribution in [0.2, 0.25) is 0 Å². The molecule has 16 heavy (non-hydrogen) atoms. The molecule has 1 saturated carbocycles. The van der Waals surface area contributed by atoms with Crippen LogP contribution in [0.4, 0.5) is 0 Å². The van der Waals surface area contributed by atoms with E-state index >= 15 is 0 Å². The third kappa shape index (κ3) is 2.03. The zero-order valence-electron chi connectivity index (χ0n) is 10.5. The summed E-state index contributed by atoms with van der Waals surface area (Å²) in [7, 11) is 0. The number of rotatable bonds is 1. The van der Waals surface area contributed by atoms with Gasteiger partial charge in [0.25, 0.3) is 0 Å². The smallest absolute Gasteiger partial charge is 0.113 e. The standard InChI is InChI=1S/C13H22N2S/c1-12(2,3)10-6-4-5-7-13(10,14)11-15-8-9-16-11/h8-10H,4-7,14H2,1-3H3. The van der Waals surface area contributed by atoms with E-state index in [0.29, 0.717) is 5.92 Å². The minimum Gasteiger partial charge on any atom is -0.319 e. The van der Waals surface area contributed by atoms with Crippen molar-refractivity contribution in [2.24, 2.45) is 17.1 Å². The molecule has 2 atom stereocenters. The van der Waals surface area contributed by atoms with Gasteiger partial charge >= 0.3 is 0 Å². The third-order valence-electron chi connectivity index (χ3n) is 3.83. The Morgan fingerprint density at radius 3 is 2.75 bits per heavy atom. The Bertz CT molecular complexity index is 339. The number of aromatic nitrogens is 1. The van der Waals surface area contributed by atoms with Gasteiger partial charge in [0.15, 0.2) is 0 Å². The van der Waals surface area contributed by atoms with Crippen LogP contribution in [0, 0.1) is 11.3 Å². The molecule has 1 aromatic heterocycles. The quantitative estimate of drug-likeness (QED) is 0.813. The zero-order chi connectivity index (χ0) is 11.8. The van der Waals surface area contributed by atoms with E-state index < -0.39 is 0 Å². The first-order chi connectivity index (χ1) is 7.44. The van der Waals surface area contributed by atoms with Crippen molar-refractivity contribution in [3.63, 3.8) is 0 Å². The van der Waals surface area contributed by atoms with Crippen molar-refractivity contribution in [3.05, 3.63) is 16.6 Å². The average Bonchev–Trinajstić information content (AvgIpc) is 2.69. The summed E-state index contributed by atoms with van der Waals surface area (Å²) in [5.41, 5.74) is 6.78. The molecule has 0 amide bonds. The zero-order valence-corrected chi connectivity index (χ0v) is 11.3. The van der Waals surface area contributed by atoms with E-state index in [9.17, 15) is 0 Å². The Hall–Kier alpha value is -0.410. The maximum atomic E-state index is 6.70. The SMILES string of the molecule is CC(C)(C)C1CCCCC1(N)c1nccs1. The molecule has 90 valence electrons. The topological polar surface area (TPSA) is 38.9 Å². The normalized spacial score (nSPS) is 31.6. The van der Waals surface area contributed by atoms with Crippen LogP contribution >= 0.6 is 11.3 Å². The fraction of sp³-hybridized carbons (Fsp3) is 0.769. The highest BCUT2D eigenvalue weighted by Crippen LogP contribution is 2.48. The predicted octanol–water partition coefficient (Wildman–Crippen LogP) is 3.53. The Labute approximate surface area is 102 Å². The predicted molar refractivity (Wildman–Crippen MR) is 69.4 cm³/mol. The second-order valence-electron chi connectivity index (χ2n) is 6.04. The van der Waals surface area contributed by atoms with Gasteiger partial charge in [0.05, 0.1) is 5.54 Å². The second-order valence-corrected chi connectivity index (χ2v) is 6.94. The fourth-order valence-corrected chi connectivity index (χ4v) is 3.95. The van der Waals surface area contributed by atoms with E-state index in [1.807, 2.05) is 11.6 Å². The monoisotopic (exact) mass is 238 g/mol. The molecular weight excluding hydrogens is 216 g/mol. The molecule has 3 heteroatoms. The summed E-state index contributed by atoms with van der Waals surface area (Å²) < 4.78 is 0. The minimum atomic E-state index is -0.190. The van der Waals surface area contributed by atoms with Crippen LogP contribution in [0.15, 0.2) is 11.6 Å². The molecule has 1 fully saturated rings. The van der Waals surface area contributed by atoms with Crippen LogP contribution in [0.1, 0.15) is 51.5 Å². The highest BCUT2D eigenvalue weighted by atomic mass is 32.1. The first-order valence-electron chi connectivity index (χ1n) is 6.13. The molecule has 0 radical (unpaired) electrons. The first kappa shape index (κ1) is 12.1. The molecule has 2 rings (SSSR count). The molecule has 1 aliphatic rings. The van der Waals surface area contributed by atoms with Crippen molar-refractivity contribution < 1.29 is 0 Å². The Balaban J connectivity index is 2.35.